The molecule has 0 saturated heterocycles. The summed E-state index contributed by atoms with van der Waals surface area (Å²) in [5.74, 6) is 1.31. The molecule has 0 aliphatic carbocycles. The highest BCUT2D eigenvalue weighted by Gasteiger charge is 2.21. The Balaban J connectivity index is 2.69. The minimum Gasteiger partial charge on any atom is -0.507 e. The van der Waals surface area contributed by atoms with Crippen molar-refractivity contribution >= 4 is 11.8 Å². The molecule has 0 atom stereocenters. The lowest BCUT2D eigenvalue weighted by Crippen LogP contribution is -2.13. The minimum atomic E-state index is 0.234. The van der Waals surface area contributed by atoms with Crippen LogP contribution >= 0.6 is 11.8 Å². The summed E-state index contributed by atoms with van der Waals surface area (Å²) in [5.41, 5.74) is 6.19. The molecule has 0 heterocycles. The van der Waals surface area contributed by atoms with Crippen LogP contribution in [0.1, 0.15) is 72.9 Å². The Morgan fingerprint density at radius 3 is 1.29 bits per heavy atom. The minimum absolute atomic E-state index is 0.234. The highest BCUT2D eigenvalue weighted by molar-refractivity contribution is 7.99. The summed E-state index contributed by atoms with van der Waals surface area (Å²) in [6, 6.07) is 4.29. The maximum absolute atomic E-state index is 11.0. The average Bonchev–Trinajstić information content (AvgIpc) is 2.65. The van der Waals surface area contributed by atoms with Crippen LogP contribution in [-0.4, -0.2) is 48.2 Å². The van der Waals surface area contributed by atoms with Crippen LogP contribution in [0, 0.1) is 13.8 Å². The molecule has 0 aliphatic rings. The molecule has 0 fully saturated rings. The first kappa shape index (κ1) is 25.6. The maximum atomic E-state index is 11.0. The molecule has 0 bridgehead atoms. The molecule has 0 spiro atoms. The van der Waals surface area contributed by atoms with Crippen LogP contribution in [0.15, 0.2) is 21.9 Å². The fourth-order valence-corrected chi connectivity index (χ4v) is 5.03. The molecule has 4 nitrogen and oxygen atoms in total. The van der Waals surface area contributed by atoms with Gasteiger partial charge in [0.2, 0.25) is 0 Å². The van der Waals surface area contributed by atoms with E-state index in [1.165, 1.54) is 0 Å². The van der Waals surface area contributed by atoms with Crippen molar-refractivity contribution in [1.29, 1.82) is 0 Å². The SMILES string of the molecule is Cc1c(Sc2cc(C(C)C)c(O)c(CN(C)C)c2C)cc(C(C)C)c(O)c1CN(C)C. The number of hydrogen-bond acceptors (Lipinski definition) is 5. The van der Waals surface area contributed by atoms with Crippen molar-refractivity contribution in [2.75, 3.05) is 28.2 Å². The van der Waals surface area contributed by atoms with Crippen molar-refractivity contribution in [1.82, 2.24) is 9.80 Å². The van der Waals surface area contributed by atoms with Gasteiger partial charge in [0.1, 0.15) is 11.5 Å². The van der Waals surface area contributed by atoms with Crippen molar-refractivity contribution in [3.05, 3.63) is 45.5 Å². The van der Waals surface area contributed by atoms with Crippen LogP contribution in [0.3, 0.4) is 0 Å². The maximum Gasteiger partial charge on any atom is 0.123 e. The van der Waals surface area contributed by atoms with Gasteiger partial charge < -0.3 is 20.0 Å². The van der Waals surface area contributed by atoms with Gasteiger partial charge in [0, 0.05) is 34.0 Å². The predicted molar refractivity (Wildman–Crippen MR) is 133 cm³/mol. The molecule has 2 aromatic carbocycles. The summed E-state index contributed by atoms with van der Waals surface area (Å²) in [7, 11) is 8.11. The Morgan fingerprint density at radius 2 is 1.03 bits per heavy atom. The van der Waals surface area contributed by atoms with Crippen LogP contribution in [-0.2, 0) is 13.1 Å². The van der Waals surface area contributed by atoms with Crippen molar-refractivity contribution in [3.63, 3.8) is 0 Å². The van der Waals surface area contributed by atoms with Crippen molar-refractivity contribution in [2.24, 2.45) is 0 Å². The molecule has 172 valence electrons. The molecule has 0 radical (unpaired) electrons. The number of nitrogens with zero attached hydrogens (tertiary/aromatic N) is 2. The lowest BCUT2D eigenvalue weighted by atomic mass is 9.95. The van der Waals surface area contributed by atoms with E-state index in [9.17, 15) is 10.2 Å². The molecule has 0 aromatic heterocycles. The van der Waals surface area contributed by atoms with Crippen LogP contribution in [0.2, 0.25) is 0 Å². The van der Waals surface area contributed by atoms with E-state index >= 15 is 0 Å². The van der Waals surface area contributed by atoms with Crippen molar-refractivity contribution < 1.29 is 10.2 Å². The van der Waals surface area contributed by atoms with Gasteiger partial charge in [-0.05, 0) is 88.3 Å². The van der Waals surface area contributed by atoms with Gasteiger partial charge in [0.25, 0.3) is 0 Å². The third-order valence-electron chi connectivity index (χ3n) is 5.75. The van der Waals surface area contributed by atoms with Crippen LogP contribution in [0.5, 0.6) is 11.5 Å². The average molecular weight is 445 g/mol. The summed E-state index contributed by atoms with van der Waals surface area (Å²) in [4.78, 5) is 6.52. The lowest BCUT2D eigenvalue weighted by Gasteiger charge is -2.23. The van der Waals surface area contributed by atoms with Crippen LogP contribution in [0.4, 0.5) is 0 Å². The van der Waals surface area contributed by atoms with Crippen molar-refractivity contribution in [3.8, 4) is 11.5 Å². The number of aromatic hydroxyl groups is 2. The predicted octanol–water partition coefficient (Wildman–Crippen LogP) is 6.24. The van der Waals surface area contributed by atoms with Gasteiger partial charge in [-0.15, -0.1) is 0 Å². The summed E-state index contributed by atoms with van der Waals surface area (Å²) in [6.45, 7) is 14.1. The van der Waals surface area contributed by atoms with E-state index in [0.717, 1.165) is 43.2 Å². The second-order valence-electron chi connectivity index (χ2n) is 9.72. The van der Waals surface area contributed by atoms with E-state index in [0.29, 0.717) is 24.6 Å². The third kappa shape index (κ3) is 5.76. The monoisotopic (exact) mass is 444 g/mol. The van der Waals surface area contributed by atoms with Crippen LogP contribution < -0.4 is 0 Å². The van der Waals surface area contributed by atoms with Gasteiger partial charge in [0.05, 0.1) is 0 Å². The normalized spacial score (nSPS) is 12.1. The van der Waals surface area contributed by atoms with Gasteiger partial charge >= 0.3 is 0 Å². The highest BCUT2D eigenvalue weighted by atomic mass is 32.2. The summed E-state index contributed by atoms with van der Waals surface area (Å²) >= 11 is 1.74. The first-order chi connectivity index (χ1) is 14.3. The second kappa shape index (κ2) is 10.3. The number of benzene rings is 2. The Labute approximate surface area is 193 Å². The Morgan fingerprint density at radius 1 is 0.710 bits per heavy atom. The van der Waals surface area contributed by atoms with E-state index in [-0.39, 0.29) is 11.8 Å². The largest absolute Gasteiger partial charge is 0.507 e. The molecule has 0 aliphatic heterocycles. The van der Waals surface area contributed by atoms with Gasteiger partial charge in [-0.1, -0.05) is 39.5 Å². The third-order valence-corrected chi connectivity index (χ3v) is 7.04. The number of phenols is 2. The Hall–Kier alpha value is -1.69. The zero-order valence-corrected chi connectivity index (χ0v) is 21.7. The number of hydrogen-bond donors (Lipinski definition) is 2. The quantitative estimate of drug-likeness (QED) is 0.505. The van der Waals surface area contributed by atoms with Gasteiger partial charge in [-0.3, -0.25) is 0 Å². The first-order valence-electron chi connectivity index (χ1n) is 11.0. The Kier molecular flexibility index (Phi) is 8.48. The lowest BCUT2D eigenvalue weighted by molar-refractivity contribution is 0.381. The molecule has 0 amide bonds. The molecule has 0 unspecified atom stereocenters. The van der Waals surface area contributed by atoms with Gasteiger partial charge in [0.15, 0.2) is 0 Å². The molecule has 2 aromatic rings. The van der Waals surface area contributed by atoms with Gasteiger partial charge in [-0.2, -0.15) is 0 Å². The topological polar surface area (TPSA) is 46.9 Å². The number of rotatable bonds is 8. The summed E-state index contributed by atoms with van der Waals surface area (Å²) in [5, 5.41) is 21.9. The number of phenolic OH excluding ortho intramolecular Hbond substituents is 2. The van der Waals surface area contributed by atoms with E-state index < -0.39 is 0 Å². The van der Waals surface area contributed by atoms with Crippen LogP contribution in [0.25, 0.3) is 0 Å². The Bertz CT molecular complexity index is 858. The molecule has 0 saturated carbocycles. The molecule has 31 heavy (non-hydrogen) atoms. The first-order valence-corrected chi connectivity index (χ1v) is 11.8. The van der Waals surface area contributed by atoms with Gasteiger partial charge in [-0.25, -0.2) is 0 Å². The molecular formula is C26H40N2O2S. The van der Waals surface area contributed by atoms with E-state index in [4.69, 9.17) is 0 Å². The molecule has 2 rings (SSSR count). The second-order valence-corrected chi connectivity index (χ2v) is 10.8. The van der Waals surface area contributed by atoms with E-state index in [1.807, 2.05) is 28.2 Å². The van der Waals surface area contributed by atoms with Crippen molar-refractivity contribution in [2.45, 2.75) is 76.3 Å². The molecule has 5 heteroatoms. The standard InChI is InChI=1S/C26H40N2O2S/c1-15(2)19-11-23(17(5)21(25(19)29)13-27(7)8)31-24-12-20(16(3)4)26(30)22(18(24)6)14-28(9)10/h11-12,15-16,29-30H,13-14H2,1-10H3. The highest BCUT2D eigenvalue weighted by Crippen LogP contribution is 2.44. The fraction of sp³-hybridized carbons (Fsp3) is 0.538. The molecule has 2 N–H and O–H groups in total. The zero-order valence-electron chi connectivity index (χ0n) is 20.9. The fourth-order valence-electron chi connectivity index (χ4n) is 3.87. The molecular weight excluding hydrogens is 404 g/mol. The summed E-state index contributed by atoms with van der Waals surface area (Å²) in [6.07, 6.45) is 0. The zero-order chi connectivity index (χ0) is 23.6. The van der Waals surface area contributed by atoms with E-state index in [1.54, 1.807) is 11.8 Å². The summed E-state index contributed by atoms with van der Waals surface area (Å²) < 4.78 is 0. The van der Waals surface area contributed by atoms with E-state index in [2.05, 4.69) is 63.5 Å². The smallest absolute Gasteiger partial charge is 0.123 e.